The van der Waals surface area contributed by atoms with Crippen LogP contribution in [0.3, 0.4) is 0 Å². The third-order valence-electron chi connectivity index (χ3n) is 5.70. The van der Waals surface area contributed by atoms with Crippen LogP contribution < -0.4 is 5.32 Å². The van der Waals surface area contributed by atoms with Gasteiger partial charge in [-0.15, -0.1) is 0 Å². The first-order valence-corrected chi connectivity index (χ1v) is 10.6. The van der Waals surface area contributed by atoms with E-state index in [0.29, 0.717) is 11.3 Å². The van der Waals surface area contributed by atoms with Crippen LogP contribution in [-0.2, 0) is 4.79 Å². The number of carbonyl (C=O) groups excluding carboxylic acids is 2. The van der Waals surface area contributed by atoms with Gasteiger partial charge in [0.05, 0.1) is 5.92 Å². The molecule has 0 aliphatic carbocycles. The van der Waals surface area contributed by atoms with Gasteiger partial charge in [-0.1, -0.05) is 66.7 Å². The van der Waals surface area contributed by atoms with Gasteiger partial charge in [0.1, 0.15) is 0 Å². The molecule has 1 heterocycles. The van der Waals surface area contributed by atoms with E-state index in [-0.39, 0.29) is 11.8 Å². The van der Waals surface area contributed by atoms with Crippen LogP contribution in [0.25, 0.3) is 0 Å². The molecule has 0 saturated carbocycles. The number of nitrogens with zero attached hydrogens (tertiary/aromatic N) is 2. The monoisotopic (exact) mass is 413 g/mol. The molecule has 1 N–H and O–H groups in total. The number of anilines is 1. The first-order valence-electron chi connectivity index (χ1n) is 10.6. The summed E-state index contributed by atoms with van der Waals surface area (Å²) in [5.74, 6) is -0.548. The van der Waals surface area contributed by atoms with E-state index in [1.165, 1.54) is 0 Å². The average molecular weight is 414 g/mol. The van der Waals surface area contributed by atoms with E-state index < -0.39 is 5.92 Å². The number of likely N-dealkylation sites (N-methyl/N-ethyl adjacent to an activating group) is 1. The van der Waals surface area contributed by atoms with Crippen LogP contribution in [-0.4, -0.2) is 54.8 Å². The van der Waals surface area contributed by atoms with Crippen molar-refractivity contribution in [2.45, 2.75) is 5.92 Å². The van der Waals surface area contributed by atoms with Crippen LogP contribution in [0.4, 0.5) is 5.69 Å². The minimum absolute atomic E-state index is 0.00636. The molecule has 1 aliphatic heterocycles. The van der Waals surface area contributed by atoms with E-state index in [2.05, 4.69) is 17.3 Å². The Labute approximate surface area is 183 Å². The first kappa shape index (κ1) is 20.8. The lowest BCUT2D eigenvalue weighted by Crippen LogP contribution is -2.47. The highest BCUT2D eigenvalue weighted by Crippen LogP contribution is 2.26. The van der Waals surface area contributed by atoms with E-state index in [4.69, 9.17) is 0 Å². The van der Waals surface area contributed by atoms with Gasteiger partial charge in [0, 0.05) is 37.4 Å². The second kappa shape index (κ2) is 9.58. The highest BCUT2D eigenvalue weighted by Gasteiger charge is 2.24. The first-order chi connectivity index (χ1) is 15.1. The summed E-state index contributed by atoms with van der Waals surface area (Å²) in [6, 6.07) is 26.7. The summed E-state index contributed by atoms with van der Waals surface area (Å²) in [4.78, 5) is 30.3. The molecule has 5 heteroatoms. The van der Waals surface area contributed by atoms with Crippen molar-refractivity contribution in [1.82, 2.24) is 9.80 Å². The Morgan fingerprint density at radius 3 is 1.94 bits per heavy atom. The standard InChI is InChI=1S/C26H27N3O2/c1-28-15-17-29(18-16-28)26(31)22-13-8-14-23(19-22)27-25(30)24(20-9-4-2-5-10-20)21-11-6-3-7-12-21/h2-14,19,24H,15-18H2,1H3,(H,27,30). The van der Waals surface area contributed by atoms with Gasteiger partial charge in [-0.25, -0.2) is 0 Å². The molecule has 0 unspecified atom stereocenters. The van der Waals surface area contributed by atoms with Gasteiger partial charge in [-0.2, -0.15) is 0 Å². The third-order valence-corrected chi connectivity index (χ3v) is 5.70. The molecule has 158 valence electrons. The van der Waals surface area contributed by atoms with E-state index >= 15 is 0 Å². The molecule has 4 rings (SSSR count). The second-order valence-corrected chi connectivity index (χ2v) is 7.92. The fourth-order valence-corrected chi connectivity index (χ4v) is 3.92. The maximum absolute atomic E-state index is 13.3. The molecule has 3 aromatic carbocycles. The van der Waals surface area contributed by atoms with Crippen LogP contribution >= 0.6 is 0 Å². The van der Waals surface area contributed by atoms with Gasteiger partial charge < -0.3 is 15.1 Å². The summed E-state index contributed by atoms with van der Waals surface area (Å²) in [5, 5.41) is 3.03. The zero-order valence-corrected chi connectivity index (χ0v) is 17.7. The molecule has 5 nitrogen and oxygen atoms in total. The van der Waals surface area contributed by atoms with E-state index in [9.17, 15) is 9.59 Å². The van der Waals surface area contributed by atoms with Crippen LogP contribution in [0.1, 0.15) is 27.4 Å². The molecule has 0 spiro atoms. The molecule has 1 saturated heterocycles. The van der Waals surface area contributed by atoms with Gasteiger partial charge >= 0.3 is 0 Å². The quantitative estimate of drug-likeness (QED) is 0.691. The Bertz CT molecular complexity index is 989. The molecule has 1 aliphatic rings. The summed E-state index contributed by atoms with van der Waals surface area (Å²) in [7, 11) is 2.06. The lowest BCUT2D eigenvalue weighted by molar-refractivity contribution is -0.116. The number of hydrogen-bond donors (Lipinski definition) is 1. The normalized spacial score (nSPS) is 14.5. The van der Waals surface area contributed by atoms with Crippen molar-refractivity contribution in [3.8, 4) is 0 Å². The van der Waals surface area contributed by atoms with Crippen molar-refractivity contribution >= 4 is 17.5 Å². The Hall–Kier alpha value is -3.44. The SMILES string of the molecule is CN1CCN(C(=O)c2cccc(NC(=O)C(c3ccccc3)c3ccccc3)c2)CC1. The van der Waals surface area contributed by atoms with E-state index in [1.807, 2.05) is 83.8 Å². The van der Waals surface area contributed by atoms with Gasteiger partial charge in [-0.3, -0.25) is 9.59 Å². The van der Waals surface area contributed by atoms with Crippen molar-refractivity contribution < 1.29 is 9.59 Å². The van der Waals surface area contributed by atoms with Gasteiger partial charge in [0.15, 0.2) is 0 Å². The van der Waals surface area contributed by atoms with Crippen LogP contribution in [0, 0.1) is 0 Å². The predicted molar refractivity (Wildman–Crippen MR) is 123 cm³/mol. The van der Waals surface area contributed by atoms with Crippen molar-refractivity contribution in [3.05, 3.63) is 102 Å². The Kier molecular flexibility index (Phi) is 6.43. The number of rotatable bonds is 5. The minimum Gasteiger partial charge on any atom is -0.336 e. The summed E-state index contributed by atoms with van der Waals surface area (Å²) < 4.78 is 0. The van der Waals surface area contributed by atoms with Gasteiger partial charge in [0.2, 0.25) is 5.91 Å². The number of benzene rings is 3. The zero-order valence-electron chi connectivity index (χ0n) is 17.7. The second-order valence-electron chi connectivity index (χ2n) is 7.92. The number of hydrogen-bond acceptors (Lipinski definition) is 3. The maximum atomic E-state index is 13.3. The highest BCUT2D eigenvalue weighted by molar-refractivity contribution is 6.00. The molecular formula is C26H27N3O2. The largest absolute Gasteiger partial charge is 0.336 e. The van der Waals surface area contributed by atoms with Crippen molar-refractivity contribution in [3.63, 3.8) is 0 Å². The maximum Gasteiger partial charge on any atom is 0.254 e. The molecule has 1 fully saturated rings. The molecule has 0 aromatic heterocycles. The van der Waals surface area contributed by atoms with Gasteiger partial charge in [0.25, 0.3) is 5.91 Å². The van der Waals surface area contributed by atoms with E-state index in [0.717, 1.165) is 37.3 Å². The number of piperazine rings is 1. The molecule has 31 heavy (non-hydrogen) atoms. The average Bonchev–Trinajstić information content (AvgIpc) is 2.81. The number of nitrogens with one attached hydrogen (secondary N) is 1. The lowest BCUT2D eigenvalue weighted by atomic mass is 9.90. The van der Waals surface area contributed by atoms with Crippen LogP contribution in [0.5, 0.6) is 0 Å². The topological polar surface area (TPSA) is 52.6 Å². The number of carbonyl (C=O) groups is 2. The summed E-state index contributed by atoms with van der Waals surface area (Å²) in [5.41, 5.74) is 3.08. The molecule has 0 atom stereocenters. The smallest absolute Gasteiger partial charge is 0.254 e. The van der Waals surface area contributed by atoms with E-state index in [1.54, 1.807) is 6.07 Å². The fraction of sp³-hybridized carbons (Fsp3) is 0.231. The summed E-state index contributed by atoms with van der Waals surface area (Å²) >= 11 is 0. The fourth-order valence-electron chi connectivity index (χ4n) is 3.92. The molecule has 0 bridgehead atoms. The predicted octanol–water partition coefficient (Wildman–Crippen LogP) is 3.84. The van der Waals surface area contributed by atoms with Crippen molar-refractivity contribution in [2.75, 3.05) is 38.5 Å². The molecular weight excluding hydrogens is 386 g/mol. The summed E-state index contributed by atoms with van der Waals surface area (Å²) in [6.07, 6.45) is 0. The Morgan fingerprint density at radius 1 is 0.774 bits per heavy atom. The van der Waals surface area contributed by atoms with Crippen molar-refractivity contribution in [1.29, 1.82) is 0 Å². The van der Waals surface area contributed by atoms with Crippen molar-refractivity contribution in [2.24, 2.45) is 0 Å². The molecule has 3 aromatic rings. The summed E-state index contributed by atoms with van der Waals surface area (Å²) in [6.45, 7) is 3.18. The molecule has 2 amide bonds. The zero-order chi connectivity index (χ0) is 21.6. The Balaban J connectivity index is 1.54. The molecule has 0 radical (unpaired) electrons. The minimum atomic E-state index is -0.431. The Morgan fingerprint density at radius 2 is 1.35 bits per heavy atom. The van der Waals surface area contributed by atoms with Crippen LogP contribution in [0.15, 0.2) is 84.9 Å². The third kappa shape index (κ3) is 5.01. The van der Waals surface area contributed by atoms with Gasteiger partial charge in [-0.05, 0) is 36.4 Å². The number of amides is 2. The highest BCUT2D eigenvalue weighted by atomic mass is 16.2. The lowest BCUT2D eigenvalue weighted by Gasteiger charge is -2.32. The van der Waals surface area contributed by atoms with Crippen LogP contribution in [0.2, 0.25) is 0 Å².